The van der Waals surface area contributed by atoms with Crippen LogP contribution in [0.1, 0.15) is 41.8 Å². The Bertz CT molecular complexity index is 596. The van der Waals surface area contributed by atoms with Gasteiger partial charge in [-0.2, -0.15) is 0 Å². The maximum absolute atomic E-state index is 6.28. The number of aromatic nitrogens is 1. The molecule has 112 valence electrons. The molecule has 0 bridgehead atoms. The molecule has 0 aliphatic rings. The van der Waals surface area contributed by atoms with Crippen LogP contribution in [0, 0.1) is 13.8 Å². The Labute approximate surface area is 132 Å². The third-order valence-corrected chi connectivity index (χ3v) is 4.25. The lowest BCUT2D eigenvalue weighted by Crippen LogP contribution is -2.25. The van der Waals surface area contributed by atoms with Gasteiger partial charge >= 0.3 is 0 Å². The third-order valence-electron chi connectivity index (χ3n) is 3.84. The van der Waals surface area contributed by atoms with Crippen LogP contribution in [-0.2, 0) is 6.42 Å². The Kier molecular flexibility index (Phi) is 5.77. The van der Waals surface area contributed by atoms with Crippen molar-refractivity contribution in [1.82, 2.24) is 10.3 Å². The molecule has 1 atom stereocenters. The van der Waals surface area contributed by atoms with E-state index in [4.69, 9.17) is 11.6 Å². The van der Waals surface area contributed by atoms with Gasteiger partial charge in [-0.15, -0.1) is 0 Å². The van der Waals surface area contributed by atoms with Crippen LogP contribution >= 0.6 is 11.6 Å². The Morgan fingerprint density at radius 1 is 1.19 bits per heavy atom. The average Bonchev–Trinajstić information content (AvgIpc) is 2.48. The number of hydrogen-bond donors (Lipinski definition) is 1. The van der Waals surface area contributed by atoms with Crippen molar-refractivity contribution in [3.8, 4) is 0 Å². The highest BCUT2D eigenvalue weighted by Crippen LogP contribution is 2.27. The van der Waals surface area contributed by atoms with E-state index in [1.165, 1.54) is 11.1 Å². The highest BCUT2D eigenvalue weighted by atomic mass is 35.5. The molecule has 0 radical (unpaired) electrons. The Morgan fingerprint density at radius 2 is 2.00 bits per heavy atom. The largest absolute Gasteiger partial charge is 0.310 e. The van der Waals surface area contributed by atoms with Gasteiger partial charge in [0.1, 0.15) is 0 Å². The minimum absolute atomic E-state index is 0.247. The molecule has 0 saturated carbocycles. The van der Waals surface area contributed by atoms with E-state index in [-0.39, 0.29) is 6.04 Å². The zero-order valence-corrected chi connectivity index (χ0v) is 13.7. The lowest BCUT2D eigenvalue weighted by Gasteiger charge is -2.22. The first-order valence-electron chi connectivity index (χ1n) is 7.52. The molecule has 0 spiro atoms. The van der Waals surface area contributed by atoms with Crippen molar-refractivity contribution in [3.05, 3.63) is 63.9 Å². The van der Waals surface area contributed by atoms with Crippen molar-refractivity contribution >= 4 is 11.6 Å². The first kappa shape index (κ1) is 16.0. The van der Waals surface area contributed by atoms with Crippen LogP contribution in [0.25, 0.3) is 0 Å². The first-order valence-corrected chi connectivity index (χ1v) is 7.90. The Balaban J connectivity index is 2.30. The van der Waals surface area contributed by atoms with Gasteiger partial charge in [-0.05, 0) is 55.6 Å². The molecule has 21 heavy (non-hydrogen) atoms. The molecular weight excluding hydrogens is 280 g/mol. The summed E-state index contributed by atoms with van der Waals surface area (Å²) in [4.78, 5) is 4.53. The highest BCUT2D eigenvalue weighted by Gasteiger charge is 2.16. The van der Waals surface area contributed by atoms with Gasteiger partial charge in [0.25, 0.3) is 0 Å². The lowest BCUT2D eigenvalue weighted by molar-refractivity contribution is 0.521. The summed E-state index contributed by atoms with van der Waals surface area (Å²) in [5, 5.41) is 4.46. The van der Waals surface area contributed by atoms with E-state index in [0.717, 1.165) is 35.7 Å². The lowest BCUT2D eigenvalue weighted by atomic mass is 9.96. The number of benzene rings is 1. The van der Waals surface area contributed by atoms with Crippen LogP contribution < -0.4 is 5.32 Å². The van der Waals surface area contributed by atoms with Gasteiger partial charge in [-0.3, -0.25) is 4.98 Å². The Hall–Kier alpha value is -1.38. The van der Waals surface area contributed by atoms with Crippen molar-refractivity contribution in [3.63, 3.8) is 0 Å². The second kappa shape index (κ2) is 7.58. The summed E-state index contributed by atoms with van der Waals surface area (Å²) in [6, 6.07) is 10.5. The van der Waals surface area contributed by atoms with Crippen LogP contribution in [0.5, 0.6) is 0 Å². The number of hydrogen-bond acceptors (Lipinski definition) is 2. The maximum Gasteiger partial charge on any atom is 0.0451 e. The fraction of sp³-hybridized carbons (Fsp3) is 0.389. The molecule has 2 aromatic rings. The van der Waals surface area contributed by atoms with Gasteiger partial charge in [-0.1, -0.05) is 36.7 Å². The second-order valence-electron chi connectivity index (χ2n) is 5.43. The quantitative estimate of drug-likeness (QED) is 0.841. The molecule has 3 heteroatoms. The fourth-order valence-corrected chi connectivity index (χ4v) is 2.72. The number of nitrogens with one attached hydrogen (secondary N) is 1. The SMILES string of the molecule is CCCNC(Cc1ncccc1C)c1cccc(Cl)c1C. The first-order chi connectivity index (χ1) is 10.1. The molecular formula is C18H23ClN2. The molecule has 2 nitrogen and oxygen atoms in total. The van der Waals surface area contributed by atoms with Gasteiger partial charge < -0.3 is 5.32 Å². The van der Waals surface area contributed by atoms with E-state index in [9.17, 15) is 0 Å². The fourth-order valence-electron chi connectivity index (χ4n) is 2.54. The number of halogens is 1. The van der Waals surface area contributed by atoms with Gasteiger partial charge in [0.15, 0.2) is 0 Å². The predicted molar refractivity (Wildman–Crippen MR) is 89.9 cm³/mol. The summed E-state index contributed by atoms with van der Waals surface area (Å²) in [6.45, 7) is 7.37. The molecule has 0 fully saturated rings. The van der Waals surface area contributed by atoms with Crippen LogP contribution in [0.2, 0.25) is 5.02 Å². The Morgan fingerprint density at radius 3 is 2.71 bits per heavy atom. The van der Waals surface area contributed by atoms with Crippen molar-refractivity contribution in [2.75, 3.05) is 6.54 Å². The summed E-state index contributed by atoms with van der Waals surface area (Å²) < 4.78 is 0. The van der Waals surface area contributed by atoms with Crippen LogP contribution in [0.15, 0.2) is 36.5 Å². The molecule has 1 unspecified atom stereocenters. The van der Waals surface area contributed by atoms with Gasteiger partial charge in [-0.25, -0.2) is 0 Å². The topological polar surface area (TPSA) is 24.9 Å². The summed E-state index contributed by atoms with van der Waals surface area (Å²) in [5.74, 6) is 0. The highest BCUT2D eigenvalue weighted by molar-refractivity contribution is 6.31. The van der Waals surface area contributed by atoms with E-state index in [2.05, 4.69) is 43.2 Å². The van der Waals surface area contributed by atoms with Gasteiger partial charge in [0, 0.05) is 29.4 Å². The van der Waals surface area contributed by atoms with Crippen molar-refractivity contribution in [1.29, 1.82) is 0 Å². The maximum atomic E-state index is 6.28. The van der Waals surface area contributed by atoms with Crippen molar-refractivity contribution < 1.29 is 0 Å². The zero-order chi connectivity index (χ0) is 15.2. The van der Waals surface area contributed by atoms with Crippen LogP contribution in [0.4, 0.5) is 0 Å². The average molecular weight is 303 g/mol. The minimum Gasteiger partial charge on any atom is -0.310 e. The smallest absolute Gasteiger partial charge is 0.0451 e. The predicted octanol–water partition coefficient (Wildman–Crippen LogP) is 4.64. The summed E-state index contributed by atoms with van der Waals surface area (Å²) >= 11 is 6.28. The van der Waals surface area contributed by atoms with E-state index in [0.29, 0.717) is 0 Å². The molecule has 2 rings (SSSR count). The van der Waals surface area contributed by atoms with Gasteiger partial charge in [0.05, 0.1) is 0 Å². The summed E-state index contributed by atoms with van der Waals surface area (Å²) in [6.07, 6.45) is 3.86. The number of pyridine rings is 1. The van der Waals surface area contributed by atoms with Crippen LogP contribution in [-0.4, -0.2) is 11.5 Å². The standard InChI is InChI=1S/C18H23ClN2/c1-4-10-20-18(12-17-13(2)7-6-11-21-17)15-8-5-9-16(19)14(15)3/h5-9,11,18,20H,4,10,12H2,1-3H3. The van der Waals surface area contributed by atoms with E-state index >= 15 is 0 Å². The number of rotatable bonds is 6. The van der Waals surface area contributed by atoms with E-state index < -0.39 is 0 Å². The molecule has 1 heterocycles. The molecule has 1 aromatic heterocycles. The molecule has 1 aromatic carbocycles. The van der Waals surface area contributed by atoms with Gasteiger partial charge in [0.2, 0.25) is 0 Å². The molecule has 1 N–H and O–H groups in total. The monoisotopic (exact) mass is 302 g/mol. The summed E-state index contributed by atoms with van der Waals surface area (Å²) in [7, 11) is 0. The zero-order valence-electron chi connectivity index (χ0n) is 13.0. The molecule has 0 aliphatic carbocycles. The van der Waals surface area contributed by atoms with Crippen molar-refractivity contribution in [2.45, 2.75) is 39.7 Å². The normalized spacial score (nSPS) is 12.4. The molecule has 0 aliphatic heterocycles. The number of aryl methyl sites for hydroxylation is 1. The third kappa shape index (κ3) is 4.05. The van der Waals surface area contributed by atoms with Crippen LogP contribution in [0.3, 0.4) is 0 Å². The second-order valence-corrected chi connectivity index (χ2v) is 5.84. The van der Waals surface area contributed by atoms with E-state index in [1.807, 2.05) is 24.4 Å². The summed E-state index contributed by atoms with van der Waals surface area (Å²) in [5.41, 5.74) is 4.80. The molecule has 0 amide bonds. The molecule has 0 saturated heterocycles. The minimum atomic E-state index is 0.247. The van der Waals surface area contributed by atoms with Crippen molar-refractivity contribution in [2.24, 2.45) is 0 Å². The van der Waals surface area contributed by atoms with E-state index in [1.54, 1.807) is 0 Å². The number of nitrogens with zero attached hydrogens (tertiary/aromatic N) is 1.